The number of hydrogen-bond acceptors (Lipinski definition) is 5. The normalized spacial score (nSPS) is 16.6. The first-order valence-electron chi connectivity index (χ1n) is 7.91. The zero-order chi connectivity index (χ0) is 17.5. The molecule has 2 aliphatic rings. The number of fused-ring (bicyclic) bond motifs is 2. The summed E-state index contributed by atoms with van der Waals surface area (Å²) in [6.07, 6.45) is 22.7. The molecule has 0 radical (unpaired) electrons. The zero-order valence-corrected chi connectivity index (χ0v) is 13.7. The molecule has 0 amide bonds. The molecule has 5 heteroatoms. The maximum absolute atomic E-state index is 7.47. The van der Waals surface area contributed by atoms with Crippen molar-refractivity contribution in [3.05, 3.63) is 89.3 Å². The Morgan fingerprint density at radius 3 is 3.04 bits per heavy atom. The molecule has 0 aromatic carbocycles. The number of aromatic nitrogens is 1. The van der Waals surface area contributed by atoms with Gasteiger partial charge in [0.1, 0.15) is 0 Å². The second-order valence-electron chi connectivity index (χ2n) is 5.56. The Bertz CT molecular complexity index is 879. The SMILES string of the molecule is N=CC(=CN)c1ccncc1/C=C/NC1=CC2=CN=CC=C(C=C1)C2. The van der Waals surface area contributed by atoms with E-state index >= 15 is 0 Å². The summed E-state index contributed by atoms with van der Waals surface area (Å²) >= 11 is 0. The lowest BCUT2D eigenvalue weighted by molar-refractivity contribution is 1.11. The van der Waals surface area contributed by atoms with Crippen molar-refractivity contribution in [2.24, 2.45) is 10.7 Å². The van der Waals surface area contributed by atoms with Crippen LogP contribution in [0.5, 0.6) is 0 Å². The highest BCUT2D eigenvalue weighted by Gasteiger charge is 2.06. The fourth-order valence-corrected chi connectivity index (χ4v) is 2.60. The lowest BCUT2D eigenvalue weighted by atomic mass is 10.0. The van der Waals surface area contributed by atoms with E-state index in [1.807, 2.05) is 42.9 Å². The second-order valence-corrected chi connectivity index (χ2v) is 5.56. The van der Waals surface area contributed by atoms with Crippen molar-refractivity contribution in [3.8, 4) is 0 Å². The zero-order valence-electron chi connectivity index (χ0n) is 13.7. The van der Waals surface area contributed by atoms with Crippen molar-refractivity contribution in [2.75, 3.05) is 0 Å². The highest BCUT2D eigenvalue weighted by molar-refractivity contribution is 6.09. The molecule has 0 atom stereocenters. The van der Waals surface area contributed by atoms with E-state index in [0.717, 1.165) is 28.8 Å². The van der Waals surface area contributed by atoms with Gasteiger partial charge in [-0.15, -0.1) is 0 Å². The topological polar surface area (TPSA) is 87.2 Å². The minimum Gasteiger partial charge on any atom is -0.404 e. The largest absolute Gasteiger partial charge is 0.404 e. The molecule has 25 heavy (non-hydrogen) atoms. The molecule has 2 heterocycles. The number of nitrogens with two attached hydrogens (primary N) is 1. The van der Waals surface area contributed by atoms with Crippen LogP contribution in [0.2, 0.25) is 0 Å². The van der Waals surface area contributed by atoms with Crippen LogP contribution in [0.15, 0.2) is 83.2 Å². The number of rotatable bonds is 5. The van der Waals surface area contributed by atoms with E-state index in [1.165, 1.54) is 18.0 Å². The van der Waals surface area contributed by atoms with E-state index in [-0.39, 0.29) is 0 Å². The van der Waals surface area contributed by atoms with Gasteiger partial charge in [-0.2, -0.15) is 0 Å². The standard InChI is InChI=1S/C20H19N5/c21-11-18(12-22)20-5-7-24-14-17(20)4-8-25-19-2-1-15-3-6-23-13-16(9-15)10-19/h1-8,10-14,21,25H,9,22H2/b8-4+,18-12?,21-11?. The molecule has 1 aromatic rings. The van der Waals surface area contributed by atoms with Crippen LogP contribution in [0.3, 0.4) is 0 Å². The molecular weight excluding hydrogens is 310 g/mol. The first kappa shape index (κ1) is 16.4. The molecule has 124 valence electrons. The molecular formula is C20H19N5. The first-order valence-corrected chi connectivity index (χ1v) is 7.91. The lowest BCUT2D eigenvalue weighted by Gasteiger charge is -2.06. The van der Waals surface area contributed by atoms with Gasteiger partial charge in [-0.3, -0.25) is 9.98 Å². The van der Waals surface area contributed by atoms with Crippen LogP contribution in [0.4, 0.5) is 0 Å². The maximum atomic E-state index is 7.47. The van der Waals surface area contributed by atoms with Crippen LogP contribution >= 0.6 is 0 Å². The predicted molar refractivity (Wildman–Crippen MR) is 104 cm³/mol. The van der Waals surface area contributed by atoms with Gasteiger partial charge in [0.2, 0.25) is 0 Å². The third-order valence-corrected chi connectivity index (χ3v) is 3.85. The Morgan fingerprint density at radius 1 is 1.28 bits per heavy atom. The van der Waals surface area contributed by atoms with E-state index < -0.39 is 0 Å². The van der Waals surface area contributed by atoms with E-state index in [2.05, 4.69) is 27.4 Å². The Balaban J connectivity index is 1.80. The smallest absolute Gasteiger partial charge is 0.0383 e. The van der Waals surface area contributed by atoms with E-state index in [9.17, 15) is 0 Å². The predicted octanol–water partition coefficient (Wildman–Crippen LogP) is 3.33. The summed E-state index contributed by atoms with van der Waals surface area (Å²) in [7, 11) is 0. The van der Waals surface area contributed by atoms with Crippen LogP contribution in [0.25, 0.3) is 11.6 Å². The van der Waals surface area contributed by atoms with Gasteiger partial charge in [-0.05, 0) is 53.5 Å². The van der Waals surface area contributed by atoms with Crippen molar-refractivity contribution in [1.29, 1.82) is 5.41 Å². The summed E-state index contributed by atoms with van der Waals surface area (Å²) in [5.41, 5.74) is 11.4. The van der Waals surface area contributed by atoms with Gasteiger partial charge in [-0.25, -0.2) is 0 Å². The monoisotopic (exact) mass is 329 g/mol. The molecule has 2 bridgehead atoms. The highest BCUT2D eigenvalue weighted by Crippen LogP contribution is 2.21. The fourth-order valence-electron chi connectivity index (χ4n) is 2.60. The van der Waals surface area contributed by atoms with Gasteiger partial charge >= 0.3 is 0 Å². The molecule has 5 nitrogen and oxygen atoms in total. The van der Waals surface area contributed by atoms with Crippen LogP contribution in [-0.4, -0.2) is 17.4 Å². The Morgan fingerprint density at radius 2 is 2.20 bits per heavy atom. The molecule has 1 aliphatic carbocycles. The lowest BCUT2D eigenvalue weighted by Crippen LogP contribution is -2.02. The van der Waals surface area contributed by atoms with Gasteiger partial charge in [-0.1, -0.05) is 6.08 Å². The Labute approximate surface area is 146 Å². The summed E-state index contributed by atoms with van der Waals surface area (Å²) in [5, 5.41) is 10.8. The van der Waals surface area contributed by atoms with Gasteiger partial charge in [0.15, 0.2) is 0 Å². The van der Waals surface area contributed by atoms with Gasteiger partial charge in [0.25, 0.3) is 0 Å². The number of nitrogens with one attached hydrogen (secondary N) is 2. The van der Waals surface area contributed by atoms with Crippen molar-refractivity contribution < 1.29 is 0 Å². The Hall–Kier alpha value is -3.47. The molecule has 0 saturated heterocycles. The highest BCUT2D eigenvalue weighted by atomic mass is 14.8. The number of aliphatic imine (C=N–C) groups is 1. The van der Waals surface area contributed by atoms with Crippen molar-refractivity contribution >= 4 is 24.1 Å². The Kier molecular flexibility index (Phi) is 5.16. The molecule has 3 rings (SSSR count). The van der Waals surface area contributed by atoms with Crippen LogP contribution in [0, 0.1) is 5.41 Å². The molecule has 0 unspecified atom stereocenters. The molecule has 0 spiro atoms. The number of nitrogens with zero attached hydrogens (tertiary/aromatic N) is 2. The fraction of sp³-hybridized carbons (Fsp3) is 0.0500. The van der Waals surface area contributed by atoms with Gasteiger partial charge in [0.05, 0.1) is 0 Å². The molecule has 1 aromatic heterocycles. The minimum absolute atomic E-state index is 0.649. The summed E-state index contributed by atoms with van der Waals surface area (Å²) < 4.78 is 0. The van der Waals surface area contributed by atoms with Crippen LogP contribution in [0.1, 0.15) is 17.5 Å². The van der Waals surface area contributed by atoms with Gasteiger partial charge < -0.3 is 16.5 Å². The number of hydrogen-bond donors (Lipinski definition) is 3. The van der Waals surface area contributed by atoms with Crippen LogP contribution in [-0.2, 0) is 0 Å². The van der Waals surface area contributed by atoms with Crippen molar-refractivity contribution in [1.82, 2.24) is 10.3 Å². The summed E-state index contributed by atoms with van der Waals surface area (Å²) in [6, 6.07) is 1.84. The molecule has 0 fully saturated rings. The third-order valence-electron chi connectivity index (χ3n) is 3.85. The average Bonchev–Trinajstić information content (AvgIpc) is 2.98. The summed E-state index contributed by atoms with van der Waals surface area (Å²) in [6.45, 7) is 0. The van der Waals surface area contributed by atoms with E-state index in [0.29, 0.717) is 5.57 Å². The number of pyridine rings is 1. The maximum Gasteiger partial charge on any atom is 0.0383 e. The third kappa shape index (κ3) is 4.09. The molecule has 0 saturated carbocycles. The quantitative estimate of drug-likeness (QED) is 0.724. The average molecular weight is 329 g/mol. The minimum atomic E-state index is 0.649. The second kappa shape index (κ2) is 7.88. The number of allylic oxidation sites excluding steroid dienone is 7. The van der Waals surface area contributed by atoms with E-state index in [4.69, 9.17) is 11.1 Å². The summed E-state index contributed by atoms with van der Waals surface area (Å²) in [5.74, 6) is 0. The summed E-state index contributed by atoms with van der Waals surface area (Å²) in [4.78, 5) is 8.38. The van der Waals surface area contributed by atoms with Crippen molar-refractivity contribution in [3.63, 3.8) is 0 Å². The molecule has 1 aliphatic heterocycles. The van der Waals surface area contributed by atoms with Crippen molar-refractivity contribution in [2.45, 2.75) is 6.42 Å². The molecule has 4 N–H and O–H groups in total. The van der Waals surface area contributed by atoms with Crippen LogP contribution < -0.4 is 11.1 Å². The first-order chi connectivity index (χ1) is 12.3. The van der Waals surface area contributed by atoms with E-state index in [1.54, 1.807) is 12.4 Å². The van der Waals surface area contributed by atoms with Gasteiger partial charge in [0, 0.05) is 60.3 Å².